The van der Waals surface area contributed by atoms with E-state index in [4.69, 9.17) is 14.2 Å². The third-order valence-electron chi connectivity index (χ3n) is 5.09. The maximum absolute atomic E-state index is 13.0. The molecule has 0 saturated heterocycles. The molecule has 0 unspecified atom stereocenters. The molecule has 0 atom stereocenters. The second kappa shape index (κ2) is 6.26. The topological polar surface area (TPSA) is 102 Å². The van der Waals surface area contributed by atoms with Crippen molar-refractivity contribution in [1.29, 1.82) is 0 Å². The van der Waals surface area contributed by atoms with Gasteiger partial charge in [0, 0.05) is 34.5 Å². The van der Waals surface area contributed by atoms with Crippen molar-refractivity contribution in [2.45, 2.75) is 6.42 Å². The monoisotopic (exact) mass is 383 g/mol. The maximum atomic E-state index is 13.0. The lowest BCUT2D eigenvalue weighted by Crippen LogP contribution is -2.36. The number of amides is 1. The molecule has 144 valence electrons. The second-order valence-corrected chi connectivity index (χ2v) is 6.43. The molecule has 0 spiro atoms. The van der Waals surface area contributed by atoms with Gasteiger partial charge in [-0.15, -0.1) is 0 Å². The van der Waals surface area contributed by atoms with Crippen LogP contribution in [0.5, 0.6) is 11.5 Å². The predicted octanol–water partition coefficient (Wildman–Crippen LogP) is 2.59. The number of phenols is 1. The van der Waals surface area contributed by atoms with Crippen molar-refractivity contribution in [1.82, 2.24) is 0 Å². The van der Waals surface area contributed by atoms with E-state index in [1.165, 1.54) is 32.3 Å². The summed E-state index contributed by atoms with van der Waals surface area (Å²) >= 11 is 0. The van der Waals surface area contributed by atoms with Gasteiger partial charge in [0.05, 0.1) is 27.0 Å². The van der Waals surface area contributed by atoms with Crippen LogP contribution in [0.4, 0.5) is 10.5 Å². The van der Waals surface area contributed by atoms with Crippen molar-refractivity contribution in [3.8, 4) is 11.5 Å². The minimum Gasteiger partial charge on any atom is -0.504 e. The molecular weight excluding hydrogens is 366 g/mol. The van der Waals surface area contributed by atoms with Gasteiger partial charge in [-0.2, -0.15) is 0 Å². The third kappa shape index (κ3) is 2.27. The van der Waals surface area contributed by atoms with E-state index >= 15 is 0 Å². The van der Waals surface area contributed by atoms with Crippen molar-refractivity contribution in [3.05, 3.63) is 40.7 Å². The van der Waals surface area contributed by atoms with E-state index < -0.39 is 17.7 Å². The van der Waals surface area contributed by atoms with Gasteiger partial charge in [0.2, 0.25) is 5.78 Å². The predicted molar refractivity (Wildman–Crippen MR) is 99.4 cm³/mol. The Morgan fingerprint density at radius 3 is 2.50 bits per heavy atom. The molecule has 1 heterocycles. The zero-order chi connectivity index (χ0) is 20.2. The average Bonchev–Trinajstić information content (AvgIpc) is 2.69. The molecule has 2 aromatic carbocycles. The Morgan fingerprint density at radius 2 is 1.86 bits per heavy atom. The number of carbonyl (C=O) groups is 3. The molecule has 28 heavy (non-hydrogen) atoms. The number of fused-ring (bicyclic) bond motifs is 2. The van der Waals surface area contributed by atoms with Gasteiger partial charge >= 0.3 is 6.09 Å². The minimum absolute atomic E-state index is 0.0575. The largest absolute Gasteiger partial charge is 0.504 e. The number of carbonyl (C=O) groups excluding carboxylic acids is 3. The van der Waals surface area contributed by atoms with Crippen LogP contribution in [0.1, 0.15) is 26.3 Å². The first kappa shape index (κ1) is 17.8. The Bertz CT molecular complexity index is 1100. The first-order valence-electron chi connectivity index (χ1n) is 8.52. The second-order valence-electron chi connectivity index (χ2n) is 6.43. The van der Waals surface area contributed by atoms with E-state index in [2.05, 4.69) is 0 Å². The molecule has 1 N–H and O–H groups in total. The quantitative estimate of drug-likeness (QED) is 0.850. The molecule has 0 saturated carbocycles. The fraction of sp³-hybridized carbons (Fsp3) is 0.250. The number of methoxy groups -OCH3 is 3. The molecule has 2 aliphatic rings. The van der Waals surface area contributed by atoms with Crippen LogP contribution in [0.15, 0.2) is 24.0 Å². The Morgan fingerprint density at radius 1 is 1.11 bits per heavy atom. The summed E-state index contributed by atoms with van der Waals surface area (Å²) in [5.41, 5.74) is 1.36. The Labute approximate surface area is 159 Å². The van der Waals surface area contributed by atoms with Crippen molar-refractivity contribution in [2.24, 2.45) is 0 Å². The summed E-state index contributed by atoms with van der Waals surface area (Å²) in [6.45, 7) is 0.306. The number of ether oxygens (including phenoxy) is 3. The summed E-state index contributed by atoms with van der Waals surface area (Å²) in [5, 5.41) is 11.3. The number of hydrogen-bond acceptors (Lipinski definition) is 7. The van der Waals surface area contributed by atoms with Gasteiger partial charge in [-0.1, -0.05) is 0 Å². The number of anilines is 1. The molecule has 0 aromatic heterocycles. The number of rotatable bonds is 2. The fourth-order valence-corrected chi connectivity index (χ4v) is 3.89. The summed E-state index contributed by atoms with van der Waals surface area (Å²) in [5.74, 6) is -1.12. The van der Waals surface area contributed by atoms with Crippen LogP contribution in [0, 0.1) is 0 Å². The molecule has 4 rings (SSSR count). The van der Waals surface area contributed by atoms with Gasteiger partial charge in [-0.25, -0.2) is 4.79 Å². The van der Waals surface area contributed by atoms with Crippen LogP contribution >= 0.6 is 0 Å². The minimum atomic E-state index is -0.582. The number of Topliss-reactive ketones (excluding diaryl/α,β-unsaturated/α-hetero) is 1. The lowest BCUT2D eigenvalue weighted by Gasteiger charge is -2.31. The SMILES string of the molecule is COC(=O)N1CCc2cc(O)c(OC)c3c4c(cc1c23)C(=O)C=C(OC)C4=O. The smallest absolute Gasteiger partial charge is 0.414 e. The van der Waals surface area contributed by atoms with Gasteiger partial charge in [-0.3, -0.25) is 14.5 Å². The standard InChI is InChI=1S/C20H17NO7/c1-26-14-8-12(22)10-7-11-15-9(4-5-21(11)20(25)28-3)6-13(23)19(27-2)17(15)16(10)18(14)24/h6-8,23H,4-5H2,1-3H3. The van der Waals surface area contributed by atoms with E-state index in [9.17, 15) is 19.5 Å². The van der Waals surface area contributed by atoms with Gasteiger partial charge in [0.25, 0.3) is 0 Å². The Kier molecular flexibility index (Phi) is 3.99. The third-order valence-corrected chi connectivity index (χ3v) is 5.09. The number of benzene rings is 2. The van der Waals surface area contributed by atoms with E-state index in [1.54, 1.807) is 6.07 Å². The maximum Gasteiger partial charge on any atom is 0.414 e. The summed E-state index contributed by atoms with van der Waals surface area (Å²) in [7, 11) is 3.94. The number of phenolic OH excluding ortho intramolecular Hbond substituents is 1. The van der Waals surface area contributed by atoms with E-state index in [-0.39, 0.29) is 33.8 Å². The normalized spacial score (nSPS) is 15.2. The van der Waals surface area contributed by atoms with Crippen molar-refractivity contribution in [3.63, 3.8) is 0 Å². The molecule has 8 nitrogen and oxygen atoms in total. The number of ketones is 2. The van der Waals surface area contributed by atoms with Gasteiger partial charge < -0.3 is 19.3 Å². The zero-order valence-corrected chi connectivity index (χ0v) is 15.5. The van der Waals surface area contributed by atoms with Crippen LogP contribution in [0.3, 0.4) is 0 Å². The van der Waals surface area contributed by atoms with Gasteiger partial charge in [0.1, 0.15) is 0 Å². The summed E-state index contributed by atoms with van der Waals surface area (Å²) in [6, 6.07) is 3.06. The fourth-order valence-electron chi connectivity index (χ4n) is 3.89. The molecule has 2 aromatic rings. The Balaban J connectivity index is 2.19. The summed E-state index contributed by atoms with van der Waals surface area (Å²) in [6.07, 6.45) is 0.969. The molecule has 1 amide bonds. The summed E-state index contributed by atoms with van der Waals surface area (Å²) < 4.78 is 15.3. The van der Waals surface area contributed by atoms with Crippen LogP contribution in [-0.2, 0) is 15.9 Å². The van der Waals surface area contributed by atoms with Gasteiger partial charge in [0.15, 0.2) is 23.0 Å². The highest BCUT2D eigenvalue weighted by Gasteiger charge is 2.36. The van der Waals surface area contributed by atoms with E-state index in [1.807, 2.05) is 0 Å². The highest BCUT2D eigenvalue weighted by molar-refractivity contribution is 6.31. The Hall–Kier alpha value is -3.55. The van der Waals surface area contributed by atoms with Crippen LogP contribution in [0.25, 0.3) is 10.8 Å². The van der Waals surface area contributed by atoms with Crippen molar-refractivity contribution < 1.29 is 33.7 Å². The molecular formula is C20H17NO7. The number of hydrogen-bond donors (Lipinski definition) is 1. The van der Waals surface area contributed by atoms with Crippen molar-refractivity contribution in [2.75, 3.05) is 32.8 Å². The van der Waals surface area contributed by atoms with E-state index in [0.717, 1.165) is 11.6 Å². The first-order chi connectivity index (χ1) is 13.4. The first-order valence-corrected chi connectivity index (χ1v) is 8.52. The molecule has 1 aliphatic heterocycles. The zero-order valence-electron chi connectivity index (χ0n) is 15.5. The molecule has 0 radical (unpaired) electrons. The van der Waals surface area contributed by atoms with Crippen LogP contribution < -0.4 is 9.64 Å². The summed E-state index contributed by atoms with van der Waals surface area (Å²) in [4.78, 5) is 39.4. The molecule has 0 fully saturated rings. The highest BCUT2D eigenvalue weighted by Crippen LogP contribution is 2.47. The van der Waals surface area contributed by atoms with Crippen molar-refractivity contribution >= 4 is 34.1 Å². The number of nitrogens with zero attached hydrogens (tertiary/aromatic N) is 1. The van der Waals surface area contributed by atoms with Crippen LogP contribution in [0.2, 0.25) is 0 Å². The lowest BCUT2D eigenvalue weighted by atomic mass is 9.84. The average molecular weight is 383 g/mol. The van der Waals surface area contributed by atoms with Crippen LogP contribution in [-0.4, -0.2) is 50.6 Å². The highest BCUT2D eigenvalue weighted by atomic mass is 16.5. The molecule has 8 heteroatoms. The number of allylic oxidation sites excluding steroid dienone is 2. The van der Waals surface area contributed by atoms with Gasteiger partial charge in [-0.05, 0) is 24.1 Å². The molecule has 0 bridgehead atoms. The molecule has 1 aliphatic carbocycles. The lowest BCUT2D eigenvalue weighted by molar-refractivity contribution is 0.0918. The van der Waals surface area contributed by atoms with E-state index in [0.29, 0.717) is 24.0 Å². The number of aromatic hydroxyl groups is 1.